The van der Waals surface area contributed by atoms with E-state index in [1.807, 2.05) is 48.5 Å². The van der Waals surface area contributed by atoms with E-state index in [9.17, 15) is 29.4 Å². The van der Waals surface area contributed by atoms with Crippen molar-refractivity contribution in [3.05, 3.63) is 72.6 Å². The predicted molar refractivity (Wildman–Crippen MR) is 196 cm³/mol. The van der Waals surface area contributed by atoms with Gasteiger partial charge in [-0.3, -0.25) is 9.59 Å². The molecule has 2 aromatic carbocycles. The molecule has 6 rings (SSSR count). The number of amides is 4. The molecule has 2 saturated heterocycles. The average Bonchev–Trinajstić information content (AvgIpc) is 4.02. The molecule has 0 aliphatic carbocycles. The number of methoxy groups -OCH3 is 1. The SMILES string of the molecule is CNC(=O)O[C@H](C(=O)N1CCC[C@H]1c1ncc(-c2ccc(-c3ccc(-c4cnc([C@@H]5CCCN5C(=O)[C@@H](NC(=O)OC)[C@@H](C)O)[nH]4)cc3)cc2)[nH]1)[C@@H](C)O. The van der Waals surface area contributed by atoms with E-state index in [0.717, 1.165) is 46.5 Å². The van der Waals surface area contributed by atoms with Gasteiger partial charge in [-0.05, 0) is 61.8 Å². The van der Waals surface area contributed by atoms with Crippen LogP contribution in [0.1, 0.15) is 63.3 Å². The highest BCUT2D eigenvalue weighted by molar-refractivity contribution is 5.87. The number of nitrogens with one attached hydrogen (secondary N) is 4. The summed E-state index contributed by atoms with van der Waals surface area (Å²) in [6, 6.07) is 14.3. The van der Waals surface area contributed by atoms with Crippen molar-refractivity contribution in [2.45, 2.75) is 76.0 Å². The zero-order chi connectivity index (χ0) is 38.5. The van der Waals surface area contributed by atoms with Crippen LogP contribution < -0.4 is 10.6 Å². The van der Waals surface area contributed by atoms with Gasteiger partial charge in [0, 0.05) is 20.1 Å². The maximum atomic E-state index is 13.4. The number of aliphatic hydroxyl groups excluding tert-OH is 2. The molecule has 16 heteroatoms. The monoisotopic (exact) mass is 742 g/mol. The number of aliphatic hydroxyl groups is 2. The van der Waals surface area contributed by atoms with E-state index < -0.39 is 48.4 Å². The Morgan fingerprint density at radius 3 is 1.63 bits per heavy atom. The summed E-state index contributed by atoms with van der Waals surface area (Å²) in [6.07, 6.45) is 1.15. The second-order valence-corrected chi connectivity index (χ2v) is 13.6. The van der Waals surface area contributed by atoms with Crippen LogP contribution in [0.5, 0.6) is 0 Å². The van der Waals surface area contributed by atoms with E-state index in [4.69, 9.17) is 4.74 Å². The lowest BCUT2D eigenvalue weighted by Gasteiger charge is -2.29. The normalized spacial score (nSPS) is 19.1. The number of aromatic nitrogens is 4. The van der Waals surface area contributed by atoms with Crippen LogP contribution in [0, 0.1) is 0 Å². The summed E-state index contributed by atoms with van der Waals surface area (Å²) >= 11 is 0. The van der Waals surface area contributed by atoms with Crippen molar-refractivity contribution in [3.8, 4) is 33.6 Å². The van der Waals surface area contributed by atoms with E-state index in [2.05, 4.69) is 35.3 Å². The second-order valence-electron chi connectivity index (χ2n) is 13.6. The Kier molecular flexibility index (Phi) is 11.6. The number of alkyl carbamates (subject to hydrolysis) is 2. The first-order valence-electron chi connectivity index (χ1n) is 18.0. The van der Waals surface area contributed by atoms with Gasteiger partial charge in [0.1, 0.15) is 17.7 Å². The Morgan fingerprint density at radius 2 is 1.20 bits per heavy atom. The molecule has 0 saturated carbocycles. The highest BCUT2D eigenvalue weighted by Crippen LogP contribution is 2.35. The number of aromatic amines is 2. The molecule has 2 fully saturated rings. The first kappa shape index (κ1) is 38.0. The van der Waals surface area contributed by atoms with Gasteiger partial charge >= 0.3 is 12.2 Å². The first-order valence-corrected chi connectivity index (χ1v) is 18.0. The smallest absolute Gasteiger partial charge is 0.407 e. The fraction of sp³-hybridized carbons (Fsp3) is 0.421. The number of carbonyl (C=O) groups excluding carboxylic acids is 4. The third kappa shape index (κ3) is 8.09. The van der Waals surface area contributed by atoms with Gasteiger partial charge in [0.05, 0.1) is 55.2 Å². The molecule has 0 spiro atoms. The highest BCUT2D eigenvalue weighted by Gasteiger charge is 2.40. The van der Waals surface area contributed by atoms with Gasteiger partial charge in [-0.1, -0.05) is 48.5 Å². The molecule has 0 unspecified atom stereocenters. The lowest BCUT2D eigenvalue weighted by Crippen LogP contribution is -2.53. The lowest BCUT2D eigenvalue weighted by molar-refractivity contribution is -0.146. The Morgan fingerprint density at radius 1 is 0.741 bits per heavy atom. The summed E-state index contributed by atoms with van der Waals surface area (Å²) in [5.74, 6) is 0.381. The number of carbonyl (C=O) groups is 4. The van der Waals surface area contributed by atoms with Gasteiger partial charge in [-0.15, -0.1) is 0 Å². The molecule has 2 aromatic heterocycles. The molecule has 4 amide bonds. The minimum atomic E-state index is -1.33. The van der Waals surface area contributed by atoms with Gasteiger partial charge < -0.3 is 50.1 Å². The van der Waals surface area contributed by atoms with Crippen molar-refractivity contribution in [2.24, 2.45) is 0 Å². The fourth-order valence-electron chi connectivity index (χ4n) is 7.07. The third-order valence-electron chi connectivity index (χ3n) is 9.95. The number of imidazole rings is 2. The molecule has 6 atom stereocenters. The molecule has 16 nitrogen and oxygen atoms in total. The van der Waals surface area contributed by atoms with Crippen LogP contribution in [0.2, 0.25) is 0 Å². The molecule has 4 heterocycles. The van der Waals surface area contributed by atoms with Crippen molar-refractivity contribution in [2.75, 3.05) is 27.2 Å². The van der Waals surface area contributed by atoms with Gasteiger partial charge in [-0.2, -0.15) is 0 Å². The zero-order valence-corrected chi connectivity index (χ0v) is 30.6. The van der Waals surface area contributed by atoms with Crippen LogP contribution in [-0.4, -0.2) is 116 Å². The molecule has 4 aromatic rings. The minimum absolute atomic E-state index is 0.326. The third-order valence-corrected chi connectivity index (χ3v) is 9.95. The van der Waals surface area contributed by atoms with E-state index in [1.54, 1.807) is 22.2 Å². The van der Waals surface area contributed by atoms with Crippen LogP contribution >= 0.6 is 0 Å². The fourth-order valence-corrected chi connectivity index (χ4v) is 7.07. The summed E-state index contributed by atoms with van der Waals surface area (Å²) < 4.78 is 9.80. The molecular weight excluding hydrogens is 696 g/mol. The van der Waals surface area contributed by atoms with Gasteiger partial charge in [0.2, 0.25) is 12.0 Å². The summed E-state index contributed by atoms with van der Waals surface area (Å²) in [6.45, 7) is 3.79. The molecule has 2 aliphatic rings. The Balaban J connectivity index is 1.11. The first-order chi connectivity index (χ1) is 26.0. The summed E-state index contributed by atoms with van der Waals surface area (Å²) in [7, 11) is 2.59. The number of hydrogen-bond donors (Lipinski definition) is 6. The maximum Gasteiger partial charge on any atom is 0.407 e. The number of nitrogens with zero attached hydrogens (tertiary/aromatic N) is 4. The van der Waals surface area contributed by atoms with Gasteiger partial charge in [-0.25, -0.2) is 19.6 Å². The lowest BCUT2D eigenvalue weighted by atomic mass is 10.0. The van der Waals surface area contributed by atoms with Crippen LogP contribution in [0.25, 0.3) is 33.6 Å². The van der Waals surface area contributed by atoms with Crippen molar-refractivity contribution >= 4 is 24.0 Å². The van der Waals surface area contributed by atoms with Crippen molar-refractivity contribution in [3.63, 3.8) is 0 Å². The Labute approximate surface area is 312 Å². The largest absolute Gasteiger partial charge is 0.453 e. The van der Waals surface area contributed by atoms with E-state index >= 15 is 0 Å². The van der Waals surface area contributed by atoms with E-state index in [-0.39, 0.29) is 12.1 Å². The van der Waals surface area contributed by atoms with Crippen molar-refractivity contribution < 1.29 is 38.9 Å². The summed E-state index contributed by atoms with van der Waals surface area (Å²) in [5, 5.41) is 25.1. The second kappa shape index (κ2) is 16.5. The van der Waals surface area contributed by atoms with Crippen LogP contribution in [0.4, 0.5) is 9.59 Å². The molecule has 0 radical (unpaired) electrons. The topological polar surface area (TPSA) is 215 Å². The number of H-pyrrole nitrogens is 2. The quantitative estimate of drug-likeness (QED) is 0.131. The molecular formula is C38H46N8O8. The van der Waals surface area contributed by atoms with Gasteiger partial charge in [0.15, 0.2) is 0 Å². The van der Waals surface area contributed by atoms with Crippen LogP contribution in [0.15, 0.2) is 60.9 Å². The number of likely N-dealkylation sites (tertiary alicyclic amines) is 2. The number of rotatable bonds is 11. The molecule has 2 aliphatic heterocycles. The number of benzene rings is 2. The van der Waals surface area contributed by atoms with E-state index in [1.165, 1.54) is 28.0 Å². The maximum absolute atomic E-state index is 13.4. The predicted octanol–water partition coefficient (Wildman–Crippen LogP) is 3.67. The van der Waals surface area contributed by atoms with Crippen molar-refractivity contribution in [1.29, 1.82) is 0 Å². The minimum Gasteiger partial charge on any atom is -0.453 e. The molecule has 0 bridgehead atoms. The van der Waals surface area contributed by atoms with Crippen LogP contribution in [0.3, 0.4) is 0 Å². The Hall–Kier alpha value is -5.74. The Bertz CT molecular complexity index is 1800. The highest BCUT2D eigenvalue weighted by atomic mass is 16.6. The number of hydrogen-bond acceptors (Lipinski definition) is 10. The molecule has 6 N–H and O–H groups in total. The number of ether oxygens (including phenoxy) is 2. The molecule has 54 heavy (non-hydrogen) atoms. The average molecular weight is 743 g/mol. The van der Waals surface area contributed by atoms with E-state index in [0.29, 0.717) is 37.6 Å². The van der Waals surface area contributed by atoms with Gasteiger partial charge in [0.25, 0.3) is 5.91 Å². The standard InChI is InChI=1S/C38H46N8O8/c1-21(47)31(44-38(52)53-4)35(49)45-17-5-7-29(45)33-40-19-27(42-33)25-13-9-23(10-14-25)24-11-15-26(16-12-24)28-20-41-34(43-28)30-8-6-18-46(30)36(50)32(22(2)48)54-37(51)39-3/h9-16,19-22,29-32,47-48H,5-8,17-18H2,1-4H3,(H,39,51)(H,40,42)(H,41,43)(H,44,52)/t21-,22-,29+,30+,31+,32+/m1/s1. The zero-order valence-electron chi connectivity index (χ0n) is 30.6. The summed E-state index contributed by atoms with van der Waals surface area (Å²) in [4.78, 5) is 69.4. The molecule has 286 valence electrons. The van der Waals surface area contributed by atoms with Crippen molar-refractivity contribution in [1.82, 2.24) is 40.4 Å². The van der Waals surface area contributed by atoms with Crippen LogP contribution in [-0.2, 0) is 19.1 Å². The summed E-state index contributed by atoms with van der Waals surface area (Å²) in [5.41, 5.74) is 5.44.